The molecule has 0 spiro atoms. The fourth-order valence-corrected chi connectivity index (χ4v) is 2.85. The van der Waals surface area contributed by atoms with Crippen molar-refractivity contribution in [3.63, 3.8) is 0 Å². The molecule has 0 radical (unpaired) electrons. The number of ether oxygens (including phenoxy) is 1. The molecule has 1 unspecified atom stereocenters. The SMILES string of the molecule is CC(=O)OC1CC(C(C)C)=CC=C(C)CCC=C(C)CCC=C1C. The van der Waals surface area contributed by atoms with Crippen molar-refractivity contribution in [3.8, 4) is 0 Å². The zero-order valence-corrected chi connectivity index (χ0v) is 16.3. The van der Waals surface area contributed by atoms with Gasteiger partial charge in [-0.2, -0.15) is 0 Å². The summed E-state index contributed by atoms with van der Waals surface area (Å²) in [4.78, 5) is 11.5. The third-order valence-corrected chi connectivity index (χ3v) is 4.60. The Hall–Kier alpha value is -1.57. The van der Waals surface area contributed by atoms with E-state index >= 15 is 0 Å². The van der Waals surface area contributed by atoms with Crippen molar-refractivity contribution in [2.45, 2.75) is 79.8 Å². The highest BCUT2D eigenvalue weighted by Crippen LogP contribution is 2.24. The summed E-state index contributed by atoms with van der Waals surface area (Å²) in [5, 5.41) is 0. The van der Waals surface area contributed by atoms with Gasteiger partial charge in [-0.05, 0) is 57.9 Å². The molecule has 134 valence electrons. The molecule has 0 saturated carbocycles. The summed E-state index contributed by atoms with van der Waals surface area (Å²) < 4.78 is 5.61. The summed E-state index contributed by atoms with van der Waals surface area (Å²) in [5.74, 6) is 0.231. The number of hydrogen-bond acceptors (Lipinski definition) is 2. The molecule has 0 saturated heterocycles. The van der Waals surface area contributed by atoms with E-state index in [1.165, 1.54) is 23.6 Å². The zero-order valence-electron chi connectivity index (χ0n) is 16.3. The van der Waals surface area contributed by atoms with Gasteiger partial charge in [-0.15, -0.1) is 0 Å². The van der Waals surface area contributed by atoms with Crippen LogP contribution >= 0.6 is 0 Å². The van der Waals surface area contributed by atoms with Crippen LogP contribution in [0.25, 0.3) is 0 Å². The molecule has 0 fully saturated rings. The molecule has 1 aliphatic carbocycles. The van der Waals surface area contributed by atoms with Gasteiger partial charge in [-0.25, -0.2) is 0 Å². The van der Waals surface area contributed by atoms with Gasteiger partial charge in [0, 0.05) is 13.3 Å². The predicted molar refractivity (Wildman–Crippen MR) is 103 cm³/mol. The molecule has 2 nitrogen and oxygen atoms in total. The highest BCUT2D eigenvalue weighted by Gasteiger charge is 2.18. The van der Waals surface area contributed by atoms with Crippen LogP contribution in [0, 0.1) is 5.92 Å². The molecule has 0 amide bonds. The normalized spacial score (nSPS) is 21.2. The van der Waals surface area contributed by atoms with E-state index in [1.807, 2.05) is 0 Å². The fourth-order valence-electron chi connectivity index (χ4n) is 2.85. The standard InChI is InChI=1S/C22H34O2/c1-16(2)21-14-13-18(4)10-7-9-17(3)11-8-12-19(5)22(15-21)24-20(6)23/h9,12-14,16,22H,7-8,10-11,15H2,1-6H3. The maximum atomic E-state index is 11.5. The Morgan fingerprint density at radius 2 is 1.67 bits per heavy atom. The second-order valence-electron chi connectivity index (χ2n) is 7.29. The number of allylic oxidation sites excluding steroid dienone is 6. The molecule has 1 aliphatic rings. The summed E-state index contributed by atoms with van der Waals surface area (Å²) in [6, 6.07) is 0. The van der Waals surface area contributed by atoms with Gasteiger partial charge in [0.15, 0.2) is 0 Å². The summed E-state index contributed by atoms with van der Waals surface area (Å²) in [7, 11) is 0. The number of carbonyl (C=O) groups is 1. The van der Waals surface area contributed by atoms with E-state index in [0.717, 1.165) is 37.7 Å². The van der Waals surface area contributed by atoms with Gasteiger partial charge in [0.05, 0.1) is 0 Å². The van der Waals surface area contributed by atoms with Gasteiger partial charge in [-0.1, -0.05) is 54.9 Å². The first kappa shape index (κ1) is 20.5. The molecule has 24 heavy (non-hydrogen) atoms. The minimum absolute atomic E-state index is 0.155. The molecular weight excluding hydrogens is 296 g/mol. The second kappa shape index (κ2) is 10.3. The topological polar surface area (TPSA) is 26.3 Å². The van der Waals surface area contributed by atoms with E-state index in [2.05, 4.69) is 58.9 Å². The number of carbonyl (C=O) groups excluding carboxylic acids is 1. The Balaban J connectivity index is 3.14. The van der Waals surface area contributed by atoms with Crippen LogP contribution in [0.4, 0.5) is 0 Å². The molecular formula is C22H34O2. The molecule has 0 aliphatic heterocycles. The quantitative estimate of drug-likeness (QED) is 0.438. The third-order valence-electron chi connectivity index (χ3n) is 4.60. The molecule has 0 aromatic rings. The van der Waals surface area contributed by atoms with Crippen LogP contribution in [0.15, 0.2) is 46.6 Å². The van der Waals surface area contributed by atoms with Gasteiger partial charge in [0.1, 0.15) is 6.10 Å². The molecule has 1 rings (SSSR count). The predicted octanol–water partition coefficient (Wildman–Crippen LogP) is 6.30. The lowest BCUT2D eigenvalue weighted by atomic mass is 9.92. The van der Waals surface area contributed by atoms with Gasteiger partial charge in [0.25, 0.3) is 0 Å². The summed E-state index contributed by atoms with van der Waals surface area (Å²) in [5.41, 5.74) is 5.32. The smallest absolute Gasteiger partial charge is 0.303 e. The van der Waals surface area contributed by atoms with E-state index in [4.69, 9.17) is 4.74 Å². The van der Waals surface area contributed by atoms with E-state index in [9.17, 15) is 4.79 Å². The Bertz CT molecular complexity index is 544. The first-order chi connectivity index (χ1) is 11.3. The van der Waals surface area contributed by atoms with E-state index in [1.54, 1.807) is 0 Å². The molecule has 0 heterocycles. The lowest BCUT2D eigenvalue weighted by molar-refractivity contribution is -0.144. The fraction of sp³-hybridized carbons (Fsp3) is 0.591. The van der Waals surface area contributed by atoms with Crippen LogP contribution in [-0.2, 0) is 9.53 Å². The summed E-state index contributed by atoms with van der Waals surface area (Å²) in [6.45, 7) is 12.4. The lowest BCUT2D eigenvalue weighted by Gasteiger charge is -2.22. The molecule has 0 aromatic heterocycles. The largest absolute Gasteiger partial charge is 0.458 e. The third kappa shape index (κ3) is 7.81. The average Bonchev–Trinajstić information content (AvgIpc) is 2.48. The number of rotatable bonds is 2. The van der Waals surface area contributed by atoms with Crippen LogP contribution in [0.2, 0.25) is 0 Å². The van der Waals surface area contributed by atoms with Crippen molar-refractivity contribution < 1.29 is 9.53 Å². The summed E-state index contributed by atoms with van der Waals surface area (Å²) in [6.07, 6.45) is 13.9. The number of hydrogen-bond donors (Lipinski definition) is 0. The molecule has 2 heteroatoms. The minimum atomic E-state index is -0.209. The van der Waals surface area contributed by atoms with Gasteiger partial charge in [-0.3, -0.25) is 4.79 Å². The van der Waals surface area contributed by atoms with Crippen molar-refractivity contribution in [1.29, 1.82) is 0 Å². The molecule has 0 bridgehead atoms. The Labute approximate surface area is 148 Å². The van der Waals surface area contributed by atoms with E-state index in [0.29, 0.717) is 5.92 Å². The van der Waals surface area contributed by atoms with Gasteiger partial charge < -0.3 is 4.74 Å². The maximum Gasteiger partial charge on any atom is 0.303 e. The molecule has 1 atom stereocenters. The maximum absolute atomic E-state index is 11.5. The van der Waals surface area contributed by atoms with Gasteiger partial charge in [0.2, 0.25) is 0 Å². The Morgan fingerprint density at radius 3 is 2.29 bits per heavy atom. The lowest BCUT2D eigenvalue weighted by Crippen LogP contribution is -2.20. The van der Waals surface area contributed by atoms with Crippen molar-refractivity contribution in [2.24, 2.45) is 5.92 Å². The monoisotopic (exact) mass is 330 g/mol. The minimum Gasteiger partial charge on any atom is -0.458 e. The Kier molecular flexibility index (Phi) is 8.81. The zero-order chi connectivity index (χ0) is 18.1. The van der Waals surface area contributed by atoms with Crippen molar-refractivity contribution in [2.75, 3.05) is 0 Å². The van der Waals surface area contributed by atoms with Crippen molar-refractivity contribution >= 4 is 5.97 Å². The Morgan fingerprint density at radius 1 is 1.04 bits per heavy atom. The molecule has 0 aromatic carbocycles. The van der Waals surface area contributed by atoms with Crippen LogP contribution in [0.3, 0.4) is 0 Å². The summed E-state index contributed by atoms with van der Waals surface area (Å²) >= 11 is 0. The van der Waals surface area contributed by atoms with Crippen LogP contribution < -0.4 is 0 Å². The van der Waals surface area contributed by atoms with Crippen molar-refractivity contribution in [3.05, 3.63) is 46.6 Å². The highest BCUT2D eigenvalue weighted by molar-refractivity contribution is 5.66. The van der Waals surface area contributed by atoms with Gasteiger partial charge >= 0.3 is 5.97 Å². The van der Waals surface area contributed by atoms with E-state index < -0.39 is 0 Å². The average molecular weight is 331 g/mol. The van der Waals surface area contributed by atoms with Crippen LogP contribution in [-0.4, -0.2) is 12.1 Å². The molecule has 0 N–H and O–H groups in total. The first-order valence-corrected chi connectivity index (χ1v) is 9.15. The highest BCUT2D eigenvalue weighted by atomic mass is 16.5. The second-order valence-corrected chi connectivity index (χ2v) is 7.29. The number of esters is 1. The van der Waals surface area contributed by atoms with E-state index in [-0.39, 0.29) is 12.1 Å². The first-order valence-electron chi connectivity index (χ1n) is 9.15. The van der Waals surface area contributed by atoms with Crippen LogP contribution in [0.5, 0.6) is 0 Å². The van der Waals surface area contributed by atoms with Crippen molar-refractivity contribution in [1.82, 2.24) is 0 Å². The van der Waals surface area contributed by atoms with Crippen LogP contribution in [0.1, 0.15) is 73.6 Å².